The maximum atomic E-state index is 12.1. The van der Waals surface area contributed by atoms with E-state index in [4.69, 9.17) is 0 Å². The Labute approximate surface area is 105 Å². The molecule has 9 heteroatoms. The lowest BCUT2D eigenvalue weighted by molar-refractivity contribution is -0.142. The van der Waals surface area contributed by atoms with Crippen LogP contribution in [0.2, 0.25) is 0 Å². The van der Waals surface area contributed by atoms with Gasteiger partial charge in [0.1, 0.15) is 6.54 Å². The Morgan fingerprint density at radius 2 is 2.11 bits per heavy atom. The molecule has 2 heterocycles. The topological polar surface area (TPSA) is 72.7 Å². The van der Waals surface area contributed by atoms with Gasteiger partial charge in [0.2, 0.25) is 0 Å². The van der Waals surface area contributed by atoms with Gasteiger partial charge in [0.15, 0.2) is 0 Å². The zero-order valence-electron chi connectivity index (χ0n) is 9.42. The van der Waals surface area contributed by atoms with E-state index in [2.05, 4.69) is 20.6 Å². The second kappa shape index (κ2) is 5.04. The van der Waals surface area contributed by atoms with Gasteiger partial charge >= 0.3 is 6.18 Å². The van der Waals surface area contributed by atoms with Crippen LogP contribution in [-0.2, 0) is 6.54 Å². The molecule has 1 N–H and O–H groups in total. The number of amides is 1. The van der Waals surface area contributed by atoms with Crippen LogP contribution in [0.5, 0.6) is 0 Å². The van der Waals surface area contributed by atoms with Crippen molar-refractivity contribution >= 4 is 11.6 Å². The highest BCUT2D eigenvalue weighted by molar-refractivity contribution is 6.03. The number of halogens is 3. The van der Waals surface area contributed by atoms with E-state index >= 15 is 0 Å². The highest BCUT2D eigenvalue weighted by Crippen LogP contribution is 2.17. The van der Waals surface area contributed by atoms with Crippen LogP contribution in [-0.4, -0.2) is 32.1 Å². The maximum absolute atomic E-state index is 12.1. The number of alkyl halides is 3. The second-order valence-corrected chi connectivity index (χ2v) is 3.63. The molecule has 0 aliphatic heterocycles. The quantitative estimate of drug-likeness (QED) is 0.917. The minimum atomic E-state index is -4.38. The van der Waals surface area contributed by atoms with E-state index in [1.54, 1.807) is 0 Å². The first-order valence-electron chi connectivity index (χ1n) is 5.11. The fraction of sp³-hybridized carbons (Fsp3) is 0.200. The molecule has 0 fully saturated rings. The first-order valence-corrected chi connectivity index (χ1v) is 5.11. The third kappa shape index (κ3) is 3.76. The predicted octanol–water partition coefficient (Wildman–Crippen LogP) is 1.49. The summed E-state index contributed by atoms with van der Waals surface area (Å²) < 4.78 is 37.0. The average Bonchev–Trinajstić information content (AvgIpc) is 2.76. The van der Waals surface area contributed by atoms with Gasteiger partial charge in [-0.15, -0.1) is 0 Å². The number of anilines is 1. The molecule has 2 aromatic rings. The van der Waals surface area contributed by atoms with Gasteiger partial charge in [-0.3, -0.25) is 9.48 Å². The smallest absolute Gasteiger partial charge is 0.320 e. The number of aromatic nitrogens is 4. The summed E-state index contributed by atoms with van der Waals surface area (Å²) in [5.41, 5.74) is 0.421. The molecule has 0 radical (unpaired) electrons. The SMILES string of the molecule is O=C(Nc1ccnnc1)c1cnn(CC(F)(F)F)c1. The standard InChI is InChI=1S/C10H8F3N5O/c11-10(12,13)6-18-5-7(3-16-18)9(19)17-8-1-2-14-15-4-8/h1-5H,6H2,(H,14,17,19). The van der Waals surface area contributed by atoms with E-state index in [9.17, 15) is 18.0 Å². The van der Waals surface area contributed by atoms with E-state index < -0.39 is 18.6 Å². The Balaban J connectivity index is 2.04. The van der Waals surface area contributed by atoms with Crippen molar-refractivity contribution in [3.63, 3.8) is 0 Å². The van der Waals surface area contributed by atoms with Crippen molar-refractivity contribution in [1.29, 1.82) is 0 Å². The molecule has 2 aromatic heterocycles. The van der Waals surface area contributed by atoms with Crippen LogP contribution < -0.4 is 5.32 Å². The Morgan fingerprint density at radius 3 is 2.74 bits per heavy atom. The molecule has 0 aliphatic rings. The number of nitrogens with one attached hydrogen (secondary N) is 1. The summed E-state index contributed by atoms with van der Waals surface area (Å²) in [7, 11) is 0. The first kappa shape index (κ1) is 13.0. The minimum Gasteiger partial charge on any atom is -0.320 e. The monoisotopic (exact) mass is 271 g/mol. The Morgan fingerprint density at radius 1 is 1.32 bits per heavy atom. The zero-order chi connectivity index (χ0) is 13.9. The minimum absolute atomic E-state index is 0.0288. The normalized spacial score (nSPS) is 11.3. The van der Waals surface area contributed by atoms with Gasteiger partial charge in [-0.05, 0) is 6.07 Å². The summed E-state index contributed by atoms with van der Waals surface area (Å²) in [6.07, 6.45) is 0.405. The molecule has 2 rings (SSSR count). The molecule has 0 aliphatic carbocycles. The molecule has 0 saturated carbocycles. The number of carbonyl (C=O) groups is 1. The lowest BCUT2D eigenvalue weighted by Gasteiger charge is -2.05. The van der Waals surface area contributed by atoms with Crippen molar-refractivity contribution in [3.05, 3.63) is 36.4 Å². The summed E-state index contributed by atoms with van der Waals surface area (Å²) >= 11 is 0. The van der Waals surface area contributed by atoms with Crippen LogP contribution in [0.25, 0.3) is 0 Å². The fourth-order valence-corrected chi connectivity index (χ4v) is 1.32. The average molecular weight is 271 g/mol. The van der Waals surface area contributed by atoms with Crippen molar-refractivity contribution in [2.75, 3.05) is 5.32 Å². The van der Waals surface area contributed by atoms with Gasteiger partial charge in [0.25, 0.3) is 5.91 Å². The zero-order valence-corrected chi connectivity index (χ0v) is 9.42. The van der Waals surface area contributed by atoms with E-state index in [1.165, 1.54) is 18.5 Å². The molecule has 0 spiro atoms. The molecule has 19 heavy (non-hydrogen) atoms. The Bertz CT molecular complexity index is 566. The van der Waals surface area contributed by atoms with Crippen molar-refractivity contribution in [1.82, 2.24) is 20.0 Å². The summed E-state index contributed by atoms with van der Waals surface area (Å²) in [5.74, 6) is -0.568. The van der Waals surface area contributed by atoms with E-state index in [0.29, 0.717) is 10.4 Å². The number of hydrogen-bond donors (Lipinski definition) is 1. The van der Waals surface area contributed by atoms with Crippen LogP contribution in [0.4, 0.5) is 18.9 Å². The number of carbonyl (C=O) groups excluding carboxylic acids is 1. The second-order valence-electron chi connectivity index (χ2n) is 3.63. The third-order valence-corrected chi connectivity index (χ3v) is 2.08. The molecule has 0 unspecified atom stereocenters. The summed E-state index contributed by atoms with van der Waals surface area (Å²) in [4.78, 5) is 11.7. The lowest BCUT2D eigenvalue weighted by Crippen LogP contribution is -2.18. The Hall–Kier alpha value is -2.45. The van der Waals surface area contributed by atoms with Gasteiger partial charge in [0.05, 0.1) is 29.8 Å². The van der Waals surface area contributed by atoms with E-state index in [0.717, 1.165) is 12.4 Å². The van der Waals surface area contributed by atoms with E-state index in [1.807, 2.05) is 0 Å². The van der Waals surface area contributed by atoms with Gasteiger partial charge in [-0.1, -0.05) is 0 Å². The van der Waals surface area contributed by atoms with Gasteiger partial charge in [-0.25, -0.2) is 0 Å². The van der Waals surface area contributed by atoms with Crippen LogP contribution in [0.15, 0.2) is 30.9 Å². The van der Waals surface area contributed by atoms with Crippen molar-refractivity contribution in [2.24, 2.45) is 0 Å². The largest absolute Gasteiger partial charge is 0.408 e. The molecular formula is C10H8F3N5O. The molecular weight excluding hydrogens is 263 g/mol. The molecule has 0 saturated heterocycles. The predicted molar refractivity (Wildman–Crippen MR) is 58.3 cm³/mol. The summed E-state index contributed by atoms with van der Waals surface area (Å²) in [6.45, 7) is -1.24. The third-order valence-electron chi connectivity index (χ3n) is 2.08. The number of rotatable bonds is 3. The fourth-order valence-electron chi connectivity index (χ4n) is 1.32. The Kier molecular flexibility index (Phi) is 3.45. The molecule has 6 nitrogen and oxygen atoms in total. The molecule has 0 aromatic carbocycles. The van der Waals surface area contributed by atoms with Gasteiger partial charge < -0.3 is 5.32 Å². The van der Waals surface area contributed by atoms with Crippen LogP contribution in [0.3, 0.4) is 0 Å². The van der Waals surface area contributed by atoms with Crippen molar-refractivity contribution in [2.45, 2.75) is 12.7 Å². The van der Waals surface area contributed by atoms with Crippen LogP contribution in [0, 0.1) is 0 Å². The van der Waals surface area contributed by atoms with E-state index in [-0.39, 0.29) is 5.56 Å². The highest BCUT2D eigenvalue weighted by atomic mass is 19.4. The summed E-state index contributed by atoms with van der Waals surface area (Å²) in [5, 5.41) is 13.0. The molecule has 0 atom stereocenters. The van der Waals surface area contributed by atoms with Gasteiger partial charge in [-0.2, -0.15) is 28.5 Å². The summed E-state index contributed by atoms with van der Waals surface area (Å²) in [6, 6.07) is 1.50. The molecule has 100 valence electrons. The maximum Gasteiger partial charge on any atom is 0.408 e. The first-order chi connectivity index (χ1) is 8.94. The lowest BCUT2D eigenvalue weighted by atomic mass is 10.3. The van der Waals surface area contributed by atoms with Crippen LogP contribution >= 0.6 is 0 Å². The number of hydrogen-bond acceptors (Lipinski definition) is 4. The van der Waals surface area contributed by atoms with Crippen molar-refractivity contribution < 1.29 is 18.0 Å². The van der Waals surface area contributed by atoms with Gasteiger partial charge in [0, 0.05) is 6.20 Å². The molecule has 1 amide bonds. The molecule has 0 bridgehead atoms. The highest BCUT2D eigenvalue weighted by Gasteiger charge is 2.28. The van der Waals surface area contributed by atoms with Crippen molar-refractivity contribution in [3.8, 4) is 0 Å². The van der Waals surface area contributed by atoms with Crippen LogP contribution in [0.1, 0.15) is 10.4 Å². The number of nitrogens with zero attached hydrogens (tertiary/aromatic N) is 4.